The van der Waals surface area contributed by atoms with E-state index in [1.807, 2.05) is 60.7 Å². The van der Waals surface area contributed by atoms with Crippen molar-refractivity contribution >= 4 is 58.1 Å². The van der Waals surface area contributed by atoms with Crippen molar-refractivity contribution in [2.75, 3.05) is 17.7 Å². The molecule has 11 nitrogen and oxygen atoms in total. The zero-order valence-electron chi connectivity index (χ0n) is 23.3. The highest BCUT2D eigenvalue weighted by atomic mass is 32.2. The van der Waals surface area contributed by atoms with E-state index in [-0.39, 0.29) is 28.8 Å². The molecule has 1 unspecified atom stereocenters. The zero-order valence-corrected chi connectivity index (χ0v) is 24.9. The largest absolute Gasteiger partial charge is 0.448 e. The molecule has 3 amide bonds. The lowest BCUT2D eigenvalue weighted by Crippen LogP contribution is -2.71. The van der Waals surface area contributed by atoms with Crippen LogP contribution in [0.3, 0.4) is 0 Å². The van der Waals surface area contributed by atoms with E-state index in [1.54, 1.807) is 0 Å². The number of oxime groups is 1. The molecule has 0 radical (unpaired) electrons. The number of thioether (sulfide) groups is 1. The van der Waals surface area contributed by atoms with E-state index in [0.29, 0.717) is 17.7 Å². The number of nitrogens with one attached hydrogen (secondary N) is 2. The fourth-order valence-electron chi connectivity index (χ4n) is 4.60. The molecule has 3 heterocycles. The Labute approximate surface area is 261 Å². The van der Waals surface area contributed by atoms with Gasteiger partial charge in [0, 0.05) is 11.1 Å². The predicted octanol–water partition coefficient (Wildman–Crippen LogP) is 3.79. The van der Waals surface area contributed by atoms with E-state index in [1.165, 1.54) is 34.2 Å². The molecule has 2 atom stereocenters. The number of aromatic nitrogens is 1. The first-order valence-corrected chi connectivity index (χ1v) is 15.3. The minimum atomic E-state index is -0.962. The fraction of sp³-hybridized carbons (Fsp3) is 0.161. The number of thiazole rings is 1. The number of hydrogen-bond acceptors (Lipinski definition) is 10. The molecule has 2 N–H and O–H groups in total. The van der Waals surface area contributed by atoms with Gasteiger partial charge < -0.3 is 20.2 Å². The highest BCUT2D eigenvalue weighted by Gasteiger charge is 2.54. The molecule has 224 valence electrons. The number of carbonyl (C=O) groups is 4. The molecule has 0 aliphatic carbocycles. The maximum atomic E-state index is 13.8. The van der Waals surface area contributed by atoms with Gasteiger partial charge in [-0.1, -0.05) is 91.1 Å². The summed E-state index contributed by atoms with van der Waals surface area (Å²) in [6.07, 6.45) is 2.74. The molecular formula is C31H27N5O6S2. The lowest BCUT2D eigenvalue weighted by Gasteiger charge is -2.49. The molecule has 0 spiro atoms. The molecular weight excluding hydrogens is 603 g/mol. The topological polar surface area (TPSA) is 139 Å². The Morgan fingerprint density at radius 3 is 2.41 bits per heavy atom. The van der Waals surface area contributed by atoms with Gasteiger partial charge in [0.2, 0.25) is 6.41 Å². The van der Waals surface area contributed by atoms with Crippen molar-refractivity contribution in [2.24, 2.45) is 5.16 Å². The van der Waals surface area contributed by atoms with Gasteiger partial charge in [-0.15, -0.1) is 23.1 Å². The van der Waals surface area contributed by atoms with Crippen LogP contribution in [0.1, 0.15) is 22.9 Å². The third-order valence-electron chi connectivity index (χ3n) is 6.65. The minimum Gasteiger partial charge on any atom is -0.448 e. The second-order valence-corrected chi connectivity index (χ2v) is 11.3. The van der Waals surface area contributed by atoms with Gasteiger partial charge in [-0.05, 0) is 16.7 Å². The van der Waals surface area contributed by atoms with Gasteiger partial charge >= 0.3 is 5.97 Å². The van der Waals surface area contributed by atoms with Crippen LogP contribution < -0.4 is 10.6 Å². The number of hydrogen-bond donors (Lipinski definition) is 2. The zero-order chi connectivity index (χ0) is 31.1. The van der Waals surface area contributed by atoms with Crippen LogP contribution >= 0.6 is 23.1 Å². The van der Waals surface area contributed by atoms with Crippen molar-refractivity contribution in [1.82, 2.24) is 15.2 Å². The Morgan fingerprint density at radius 1 is 1.11 bits per heavy atom. The summed E-state index contributed by atoms with van der Waals surface area (Å²) < 4.78 is 6.07. The van der Waals surface area contributed by atoms with Crippen molar-refractivity contribution in [1.29, 1.82) is 0 Å². The second-order valence-electron chi connectivity index (χ2n) is 9.37. The predicted molar refractivity (Wildman–Crippen MR) is 168 cm³/mol. The molecule has 5 rings (SSSR count). The Kier molecular flexibility index (Phi) is 9.67. The van der Waals surface area contributed by atoms with Crippen molar-refractivity contribution in [3.05, 3.63) is 119 Å². The molecule has 44 heavy (non-hydrogen) atoms. The standard InChI is InChI=1S/C31H27N5O6S2/c1-3-15-41-35-23(22-17-44-31(33-22)32-18-37)27(38)34-24-28(39)36-25(19(4-2)16-43-29(24)36)30(40)42-26(20-11-7-5-8-12-20)21-13-9-6-10-14-21/h3-14,17-18,24,26,29H,1-2,15-16H2,(H,34,38)(H,32,33,37)/t24?,29-/m0/s1. The number of anilines is 1. The Balaban J connectivity index is 1.36. The number of fused-ring (bicyclic) bond motifs is 1. The van der Waals surface area contributed by atoms with E-state index in [4.69, 9.17) is 9.57 Å². The average Bonchev–Trinajstić information content (AvgIpc) is 3.52. The SMILES string of the molecule is C=CCON=C(C(=O)NC1C(=O)N2C(C(=O)OC(c3ccccc3)c3ccccc3)=C(C=C)CS[C@@H]12)c1csc(NC=O)n1. The summed E-state index contributed by atoms with van der Waals surface area (Å²) >= 11 is 2.47. The van der Waals surface area contributed by atoms with E-state index in [0.717, 1.165) is 22.5 Å². The fourth-order valence-corrected chi connectivity index (χ4v) is 6.60. The maximum Gasteiger partial charge on any atom is 0.356 e. The van der Waals surface area contributed by atoms with Gasteiger partial charge in [-0.2, -0.15) is 0 Å². The number of allylic oxidation sites excluding steroid dienone is 1. The van der Waals surface area contributed by atoms with Crippen LogP contribution in [-0.2, 0) is 28.8 Å². The van der Waals surface area contributed by atoms with Crippen molar-refractivity contribution in [3.8, 4) is 0 Å². The van der Waals surface area contributed by atoms with Gasteiger partial charge in [-0.25, -0.2) is 9.78 Å². The van der Waals surface area contributed by atoms with Gasteiger partial charge in [-0.3, -0.25) is 19.3 Å². The summed E-state index contributed by atoms with van der Waals surface area (Å²) in [5.41, 5.74) is 2.13. The smallest absolute Gasteiger partial charge is 0.356 e. The molecule has 1 saturated heterocycles. The number of nitrogens with zero attached hydrogens (tertiary/aromatic N) is 3. The first kappa shape index (κ1) is 30.4. The van der Waals surface area contributed by atoms with Gasteiger partial charge in [0.1, 0.15) is 29.4 Å². The van der Waals surface area contributed by atoms with Crippen LogP contribution in [0.5, 0.6) is 0 Å². The molecule has 1 aromatic heterocycles. The number of ether oxygens (including phenoxy) is 1. The third-order valence-corrected chi connectivity index (χ3v) is 8.72. The Morgan fingerprint density at radius 2 is 1.80 bits per heavy atom. The van der Waals surface area contributed by atoms with Gasteiger partial charge in [0.25, 0.3) is 11.8 Å². The number of esters is 1. The lowest BCUT2D eigenvalue weighted by atomic mass is 10.0. The molecule has 0 saturated carbocycles. The molecule has 2 aromatic carbocycles. The van der Waals surface area contributed by atoms with Crippen LogP contribution in [-0.4, -0.2) is 63.6 Å². The van der Waals surface area contributed by atoms with Crippen LogP contribution in [0.2, 0.25) is 0 Å². The third kappa shape index (κ3) is 6.33. The van der Waals surface area contributed by atoms with Crippen molar-refractivity contribution < 1.29 is 28.8 Å². The molecule has 13 heteroatoms. The van der Waals surface area contributed by atoms with Gasteiger partial charge in [0.15, 0.2) is 16.9 Å². The summed E-state index contributed by atoms with van der Waals surface area (Å²) in [7, 11) is 0. The minimum absolute atomic E-state index is 0.0303. The highest BCUT2D eigenvalue weighted by molar-refractivity contribution is 8.00. The molecule has 2 aliphatic rings. The normalized spacial score (nSPS) is 17.7. The van der Waals surface area contributed by atoms with Gasteiger partial charge in [0.05, 0.1) is 0 Å². The number of benzene rings is 2. The second kappa shape index (κ2) is 14.0. The number of rotatable bonds is 13. The quantitative estimate of drug-likeness (QED) is 0.0554. The molecule has 0 bridgehead atoms. The summed E-state index contributed by atoms with van der Waals surface area (Å²) in [4.78, 5) is 62.1. The average molecular weight is 630 g/mol. The monoisotopic (exact) mass is 629 g/mol. The lowest BCUT2D eigenvalue weighted by molar-refractivity contribution is -0.154. The summed E-state index contributed by atoms with van der Waals surface area (Å²) in [5.74, 6) is -1.53. The summed E-state index contributed by atoms with van der Waals surface area (Å²) in [6, 6.07) is 17.7. The van der Waals surface area contributed by atoms with Crippen LogP contribution in [0.25, 0.3) is 0 Å². The number of β-lactam (4-membered cyclic amide) rings is 1. The Bertz CT molecular complexity index is 1600. The first-order chi connectivity index (χ1) is 21.5. The number of carbonyl (C=O) groups excluding carboxylic acids is 4. The molecule has 3 aromatic rings. The number of amides is 3. The maximum absolute atomic E-state index is 13.8. The van der Waals surface area contributed by atoms with Crippen LogP contribution in [0, 0.1) is 0 Å². The van der Waals surface area contributed by atoms with Crippen molar-refractivity contribution in [2.45, 2.75) is 17.5 Å². The van der Waals surface area contributed by atoms with Crippen LogP contribution in [0.15, 0.2) is 108 Å². The van der Waals surface area contributed by atoms with E-state index < -0.39 is 35.3 Å². The summed E-state index contributed by atoms with van der Waals surface area (Å²) in [6.45, 7) is 7.43. The molecule has 1 fully saturated rings. The van der Waals surface area contributed by atoms with E-state index in [9.17, 15) is 19.2 Å². The first-order valence-electron chi connectivity index (χ1n) is 13.4. The van der Waals surface area contributed by atoms with Crippen LogP contribution in [0.4, 0.5) is 5.13 Å². The van der Waals surface area contributed by atoms with E-state index >= 15 is 0 Å². The van der Waals surface area contributed by atoms with E-state index in [2.05, 4.69) is 33.9 Å². The molecule has 2 aliphatic heterocycles. The Hall–Kier alpha value is -5.01. The van der Waals surface area contributed by atoms with Crippen molar-refractivity contribution in [3.63, 3.8) is 0 Å². The highest BCUT2D eigenvalue weighted by Crippen LogP contribution is 2.42. The summed E-state index contributed by atoms with van der Waals surface area (Å²) in [5, 5.41) is 10.2.